The minimum Gasteiger partial charge on any atom is -0.261 e. The van der Waals surface area contributed by atoms with Crippen molar-refractivity contribution in [1.29, 1.82) is 0 Å². The van der Waals surface area contributed by atoms with Crippen molar-refractivity contribution in [2.45, 2.75) is 13.3 Å². The van der Waals surface area contributed by atoms with Crippen molar-refractivity contribution in [1.82, 2.24) is 4.98 Å². The number of hydrogen-bond acceptors (Lipinski definition) is 1. The Morgan fingerprint density at radius 1 is 0.750 bits per heavy atom. The van der Waals surface area contributed by atoms with Gasteiger partial charge in [0.05, 0.1) is 0 Å². The molecule has 5 rings (SSSR count). The molecule has 1 aliphatic carbocycles. The van der Waals surface area contributed by atoms with Crippen LogP contribution in [0.25, 0.3) is 33.0 Å². The molecule has 1 heterocycles. The third-order valence-corrected chi connectivity index (χ3v) is 5.12. The van der Waals surface area contributed by atoms with Gasteiger partial charge >= 0.3 is 0 Å². The molecule has 0 bridgehead atoms. The molecule has 1 heteroatoms. The number of aryl methyl sites for hydroxylation is 1. The van der Waals surface area contributed by atoms with Crippen molar-refractivity contribution < 1.29 is 0 Å². The molecule has 4 aromatic rings. The van der Waals surface area contributed by atoms with Crippen molar-refractivity contribution in [3.8, 4) is 22.3 Å². The van der Waals surface area contributed by atoms with Gasteiger partial charge in [0.2, 0.25) is 0 Å². The van der Waals surface area contributed by atoms with E-state index >= 15 is 0 Å². The lowest BCUT2D eigenvalue weighted by molar-refractivity contribution is 1.11. The number of nitrogens with zero attached hydrogens (tertiary/aromatic N) is 1. The minimum absolute atomic E-state index is 1.00. The van der Waals surface area contributed by atoms with Gasteiger partial charge in [0.25, 0.3) is 0 Å². The predicted molar refractivity (Wildman–Crippen MR) is 100 cm³/mol. The average Bonchev–Trinajstić information content (AvgIpc) is 3.01. The molecule has 1 aromatic heterocycles. The van der Waals surface area contributed by atoms with Gasteiger partial charge in [-0.25, -0.2) is 0 Å². The van der Waals surface area contributed by atoms with Gasteiger partial charge in [0.15, 0.2) is 0 Å². The van der Waals surface area contributed by atoms with E-state index in [2.05, 4.69) is 78.6 Å². The summed E-state index contributed by atoms with van der Waals surface area (Å²) in [5.41, 5.74) is 9.20. The molecule has 0 N–H and O–H groups in total. The Kier molecular flexibility index (Phi) is 2.83. The van der Waals surface area contributed by atoms with Crippen molar-refractivity contribution in [2.24, 2.45) is 0 Å². The molecule has 0 aliphatic heterocycles. The maximum atomic E-state index is 4.45. The smallest absolute Gasteiger partial charge is 0.0414 e. The topological polar surface area (TPSA) is 12.9 Å². The van der Waals surface area contributed by atoms with E-state index in [0.717, 1.165) is 12.1 Å². The Labute approximate surface area is 141 Å². The molecule has 1 aliphatic rings. The minimum atomic E-state index is 1.00. The van der Waals surface area contributed by atoms with Crippen LogP contribution in [0.2, 0.25) is 0 Å². The van der Waals surface area contributed by atoms with E-state index in [4.69, 9.17) is 0 Å². The van der Waals surface area contributed by atoms with Crippen LogP contribution in [0.15, 0.2) is 72.9 Å². The molecule has 24 heavy (non-hydrogen) atoms. The van der Waals surface area contributed by atoms with E-state index in [1.807, 2.05) is 6.20 Å². The molecule has 0 saturated carbocycles. The van der Waals surface area contributed by atoms with E-state index < -0.39 is 0 Å². The van der Waals surface area contributed by atoms with Crippen molar-refractivity contribution in [2.75, 3.05) is 0 Å². The van der Waals surface area contributed by atoms with Crippen LogP contribution >= 0.6 is 0 Å². The highest BCUT2D eigenvalue weighted by Crippen LogP contribution is 2.39. The van der Waals surface area contributed by atoms with Crippen LogP contribution in [0.5, 0.6) is 0 Å². The van der Waals surface area contributed by atoms with Gasteiger partial charge < -0.3 is 0 Å². The molecule has 0 fully saturated rings. The first-order chi connectivity index (χ1) is 11.8. The molecule has 1 nitrogen and oxygen atoms in total. The number of rotatable bonds is 1. The highest BCUT2D eigenvalue weighted by molar-refractivity contribution is 5.89. The van der Waals surface area contributed by atoms with Gasteiger partial charge in [0.1, 0.15) is 0 Å². The Balaban J connectivity index is 1.67. The molecule has 0 amide bonds. The van der Waals surface area contributed by atoms with Crippen LogP contribution in [0.3, 0.4) is 0 Å². The lowest BCUT2D eigenvalue weighted by Gasteiger charge is -2.08. The van der Waals surface area contributed by atoms with E-state index in [1.54, 1.807) is 0 Å². The zero-order valence-electron chi connectivity index (χ0n) is 13.6. The van der Waals surface area contributed by atoms with Crippen LogP contribution in [0.4, 0.5) is 0 Å². The predicted octanol–water partition coefficient (Wildman–Crippen LogP) is 5.78. The molecule has 0 atom stereocenters. The molecule has 0 unspecified atom stereocenters. The molecule has 0 saturated heterocycles. The van der Waals surface area contributed by atoms with Gasteiger partial charge in [-0.2, -0.15) is 0 Å². The summed E-state index contributed by atoms with van der Waals surface area (Å²) >= 11 is 0. The van der Waals surface area contributed by atoms with Gasteiger partial charge in [-0.05, 0) is 69.3 Å². The number of benzene rings is 3. The summed E-state index contributed by atoms with van der Waals surface area (Å²) in [4.78, 5) is 4.45. The molecular weight excluding hydrogens is 290 g/mol. The summed E-state index contributed by atoms with van der Waals surface area (Å²) in [5, 5.41) is 2.57. The molecule has 3 aromatic carbocycles. The lowest BCUT2D eigenvalue weighted by Crippen LogP contribution is -1.88. The van der Waals surface area contributed by atoms with Crippen molar-refractivity contribution in [3.05, 3.63) is 89.7 Å². The third kappa shape index (κ3) is 1.98. The van der Waals surface area contributed by atoms with Crippen molar-refractivity contribution >= 4 is 10.8 Å². The number of pyridine rings is 1. The average molecular weight is 307 g/mol. The summed E-state index contributed by atoms with van der Waals surface area (Å²) in [6, 6.07) is 24.2. The molecule has 0 spiro atoms. The van der Waals surface area contributed by atoms with E-state index in [1.165, 1.54) is 44.2 Å². The molecule has 114 valence electrons. The Bertz CT molecular complexity index is 1090. The van der Waals surface area contributed by atoms with Crippen LogP contribution in [0, 0.1) is 6.92 Å². The highest BCUT2D eigenvalue weighted by atomic mass is 14.7. The summed E-state index contributed by atoms with van der Waals surface area (Å²) in [5.74, 6) is 0. The number of fused-ring (bicyclic) bond motifs is 4. The van der Waals surface area contributed by atoms with Crippen molar-refractivity contribution in [3.63, 3.8) is 0 Å². The molecular formula is C23H17N. The lowest BCUT2D eigenvalue weighted by atomic mass is 9.97. The summed E-state index contributed by atoms with van der Waals surface area (Å²) in [7, 11) is 0. The molecule has 0 radical (unpaired) electrons. The van der Waals surface area contributed by atoms with E-state index in [0.29, 0.717) is 0 Å². The second-order valence-electron chi connectivity index (χ2n) is 6.53. The van der Waals surface area contributed by atoms with Gasteiger partial charge in [-0.1, -0.05) is 48.5 Å². The fourth-order valence-electron chi connectivity index (χ4n) is 3.79. The van der Waals surface area contributed by atoms with Crippen LogP contribution in [-0.4, -0.2) is 4.98 Å². The first-order valence-electron chi connectivity index (χ1n) is 8.36. The number of hydrogen-bond donors (Lipinski definition) is 0. The second kappa shape index (κ2) is 5.04. The Morgan fingerprint density at radius 2 is 1.54 bits per heavy atom. The first kappa shape index (κ1) is 13.5. The summed E-state index contributed by atoms with van der Waals surface area (Å²) in [6.45, 7) is 2.11. The quantitative estimate of drug-likeness (QED) is 0.382. The maximum Gasteiger partial charge on any atom is 0.0414 e. The zero-order valence-corrected chi connectivity index (χ0v) is 13.6. The fourth-order valence-corrected chi connectivity index (χ4v) is 3.79. The monoisotopic (exact) mass is 307 g/mol. The largest absolute Gasteiger partial charge is 0.261 e. The maximum absolute atomic E-state index is 4.45. The number of aromatic nitrogens is 1. The highest BCUT2D eigenvalue weighted by Gasteiger charge is 2.20. The fraction of sp³-hybridized carbons (Fsp3) is 0.0870. The van der Waals surface area contributed by atoms with Crippen LogP contribution < -0.4 is 0 Å². The van der Waals surface area contributed by atoms with Crippen LogP contribution in [0.1, 0.15) is 16.8 Å². The zero-order chi connectivity index (χ0) is 16.1. The van der Waals surface area contributed by atoms with Crippen LogP contribution in [-0.2, 0) is 6.42 Å². The second-order valence-corrected chi connectivity index (χ2v) is 6.53. The normalized spacial score (nSPS) is 12.2. The third-order valence-electron chi connectivity index (χ3n) is 5.12. The van der Waals surface area contributed by atoms with Gasteiger partial charge in [0, 0.05) is 18.3 Å². The summed E-state index contributed by atoms with van der Waals surface area (Å²) in [6.07, 6.45) is 2.92. The Morgan fingerprint density at radius 3 is 2.46 bits per heavy atom. The van der Waals surface area contributed by atoms with Gasteiger partial charge in [-0.3, -0.25) is 4.98 Å². The standard InChI is InChI=1S/C23H17N/c1-15-22-14-20-9-8-19(13-23(20)21(22)10-11-24-15)18-7-6-16-4-2-3-5-17(16)12-18/h2-13H,14H2,1H3. The van der Waals surface area contributed by atoms with Gasteiger partial charge in [-0.15, -0.1) is 0 Å². The summed E-state index contributed by atoms with van der Waals surface area (Å²) < 4.78 is 0. The Hall–Kier alpha value is -2.93. The van der Waals surface area contributed by atoms with E-state index in [-0.39, 0.29) is 0 Å². The first-order valence-corrected chi connectivity index (χ1v) is 8.36. The van der Waals surface area contributed by atoms with E-state index in [9.17, 15) is 0 Å². The SMILES string of the molecule is Cc1nccc2c1Cc1ccc(-c3ccc4ccccc4c3)cc1-2.